The largest absolute Gasteiger partial charge is 0.477 e. The van der Waals surface area contributed by atoms with Crippen molar-refractivity contribution < 1.29 is 14.3 Å². The van der Waals surface area contributed by atoms with E-state index in [0.717, 1.165) is 6.07 Å². The Morgan fingerprint density at radius 1 is 1.50 bits per heavy atom. The lowest BCUT2D eigenvalue weighted by molar-refractivity contribution is 0.0695. The minimum atomic E-state index is -1.33. The van der Waals surface area contributed by atoms with Crippen molar-refractivity contribution in [2.45, 2.75) is 13.5 Å². The van der Waals surface area contributed by atoms with E-state index in [1.54, 1.807) is 11.5 Å². The maximum atomic E-state index is 13.4. The zero-order valence-corrected chi connectivity index (χ0v) is 10.2. The van der Waals surface area contributed by atoms with Crippen LogP contribution in [0.15, 0.2) is 23.1 Å². The quantitative estimate of drug-likeness (QED) is 0.853. The molecule has 2 aromatic rings. The first-order chi connectivity index (χ1) is 8.45. The number of benzene rings is 1. The lowest BCUT2D eigenvalue weighted by Gasteiger charge is -2.10. The lowest BCUT2D eigenvalue weighted by atomic mass is 10.1. The van der Waals surface area contributed by atoms with Crippen LogP contribution in [0.1, 0.15) is 17.3 Å². The Morgan fingerprint density at radius 2 is 2.17 bits per heavy atom. The zero-order valence-electron chi connectivity index (χ0n) is 9.41. The van der Waals surface area contributed by atoms with Gasteiger partial charge in [-0.2, -0.15) is 0 Å². The number of carbonyl (C=O) groups is 1. The number of aromatic carboxylic acids is 1. The summed E-state index contributed by atoms with van der Waals surface area (Å²) < 4.78 is 14.9. The van der Waals surface area contributed by atoms with Gasteiger partial charge in [0.1, 0.15) is 11.4 Å². The monoisotopic (exact) mass is 270 g/mol. The Labute approximate surface area is 106 Å². The van der Waals surface area contributed by atoms with Gasteiger partial charge in [-0.1, -0.05) is 11.6 Å². The third-order valence-corrected chi connectivity index (χ3v) is 2.98. The number of nitrogens with zero attached hydrogens (tertiary/aromatic N) is 1. The molecule has 0 radical (unpaired) electrons. The molecule has 18 heavy (non-hydrogen) atoms. The van der Waals surface area contributed by atoms with E-state index in [0.29, 0.717) is 12.1 Å². The van der Waals surface area contributed by atoms with E-state index in [4.69, 9.17) is 16.7 Å². The number of carboxylic acid groups (broad SMARTS) is 1. The molecule has 94 valence electrons. The Hall–Kier alpha value is -1.88. The number of fused-ring (bicyclic) bond motifs is 1. The van der Waals surface area contributed by atoms with Gasteiger partial charge in [0, 0.05) is 18.1 Å². The smallest absolute Gasteiger partial charge is 0.341 e. The van der Waals surface area contributed by atoms with Crippen molar-refractivity contribution in [3.05, 3.63) is 45.0 Å². The van der Waals surface area contributed by atoms with Gasteiger partial charge in [-0.25, -0.2) is 9.18 Å². The minimum absolute atomic E-state index is 0.0126. The van der Waals surface area contributed by atoms with Crippen LogP contribution >= 0.6 is 11.6 Å². The van der Waals surface area contributed by atoms with Gasteiger partial charge in [-0.15, -0.1) is 0 Å². The number of carboxylic acids is 1. The van der Waals surface area contributed by atoms with Crippen molar-refractivity contribution in [1.29, 1.82) is 0 Å². The molecule has 0 aliphatic carbocycles. The van der Waals surface area contributed by atoms with Crippen LogP contribution in [0.25, 0.3) is 10.9 Å². The minimum Gasteiger partial charge on any atom is -0.477 e. The van der Waals surface area contributed by atoms with Gasteiger partial charge >= 0.3 is 5.97 Å². The van der Waals surface area contributed by atoms with Crippen molar-refractivity contribution >= 4 is 28.5 Å². The van der Waals surface area contributed by atoms with Gasteiger partial charge in [0.25, 0.3) is 0 Å². The Morgan fingerprint density at radius 3 is 2.72 bits per heavy atom. The molecule has 0 aliphatic rings. The van der Waals surface area contributed by atoms with E-state index in [-0.39, 0.29) is 16.0 Å². The highest BCUT2D eigenvalue weighted by atomic mass is 35.5. The Balaban J connectivity index is 2.99. The zero-order chi connectivity index (χ0) is 13.4. The summed E-state index contributed by atoms with van der Waals surface area (Å²) in [6.07, 6.45) is 1.24. The second-order valence-corrected chi connectivity index (χ2v) is 4.15. The summed E-state index contributed by atoms with van der Waals surface area (Å²) in [6.45, 7) is 2.23. The molecule has 0 aliphatic heterocycles. The predicted octanol–water partition coefficient (Wildman–Crippen LogP) is 2.51. The predicted molar refractivity (Wildman–Crippen MR) is 65.8 cm³/mol. The molecule has 1 aromatic heterocycles. The number of aryl methyl sites for hydroxylation is 1. The van der Waals surface area contributed by atoms with Crippen molar-refractivity contribution in [2.24, 2.45) is 0 Å². The number of aromatic nitrogens is 1. The summed E-state index contributed by atoms with van der Waals surface area (Å²) >= 11 is 5.66. The molecule has 6 heteroatoms. The summed E-state index contributed by atoms with van der Waals surface area (Å²) in [5, 5.41) is 8.84. The molecule has 0 saturated carbocycles. The standard InChI is InChI=1S/C12H9ClFNO3/c1-2-15-5-7(12(17)18)11(16)6-3-9(14)8(13)4-10(6)15/h3-5H,2H2,1H3,(H,17,18)/i12+1. The van der Waals surface area contributed by atoms with Crippen molar-refractivity contribution in [3.8, 4) is 0 Å². The second-order valence-electron chi connectivity index (χ2n) is 3.75. The number of halogens is 2. The average Bonchev–Trinajstić information content (AvgIpc) is 2.32. The molecule has 1 aromatic carbocycles. The molecule has 0 saturated heterocycles. The van der Waals surface area contributed by atoms with Crippen LogP contribution in [0.4, 0.5) is 4.39 Å². The highest BCUT2D eigenvalue weighted by Crippen LogP contribution is 2.21. The molecule has 0 bridgehead atoms. The molecular weight excluding hydrogens is 262 g/mol. The van der Waals surface area contributed by atoms with Crippen molar-refractivity contribution in [3.63, 3.8) is 0 Å². The van der Waals surface area contributed by atoms with Crippen LogP contribution in [0, 0.1) is 5.82 Å². The molecule has 1 N–H and O–H groups in total. The third-order valence-electron chi connectivity index (χ3n) is 2.69. The molecule has 0 unspecified atom stereocenters. The first kappa shape index (κ1) is 12.6. The number of hydrogen-bond acceptors (Lipinski definition) is 2. The summed E-state index contributed by atoms with van der Waals surface area (Å²) in [5.74, 6) is -2.08. The van der Waals surface area contributed by atoms with Crippen LogP contribution in [-0.2, 0) is 6.54 Å². The number of hydrogen-bond donors (Lipinski definition) is 1. The fraction of sp³-hybridized carbons (Fsp3) is 0.167. The van der Waals surface area contributed by atoms with Gasteiger partial charge in [0.2, 0.25) is 5.43 Å². The molecule has 1 heterocycles. The highest BCUT2D eigenvalue weighted by molar-refractivity contribution is 6.31. The fourth-order valence-corrected chi connectivity index (χ4v) is 1.96. The van der Waals surface area contributed by atoms with Crippen LogP contribution < -0.4 is 5.43 Å². The molecule has 0 atom stereocenters. The van der Waals surface area contributed by atoms with E-state index in [1.165, 1.54) is 12.3 Å². The molecule has 2 rings (SSSR count). The Bertz CT molecular complexity index is 709. The van der Waals surface area contributed by atoms with Crippen molar-refractivity contribution in [2.75, 3.05) is 0 Å². The van der Waals surface area contributed by atoms with Gasteiger partial charge in [0.05, 0.1) is 10.5 Å². The normalized spacial score (nSPS) is 10.8. The van der Waals surface area contributed by atoms with E-state index in [2.05, 4.69) is 0 Å². The molecule has 0 amide bonds. The van der Waals surface area contributed by atoms with Crippen LogP contribution in [0.2, 0.25) is 5.02 Å². The maximum absolute atomic E-state index is 13.4. The first-order valence-electron chi connectivity index (χ1n) is 5.21. The SMILES string of the molecule is CCn1cc([13C](=O)O)c(=O)c2cc(F)c(Cl)cc21. The van der Waals surface area contributed by atoms with Crippen LogP contribution in [0.5, 0.6) is 0 Å². The van der Waals surface area contributed by atoms with Gasteiger partial charge in [-0.05, 0) is 19.1 Å². The average molecular weight is 271 g/mol. The summed E-state index contributed by atoms with van der Waals surface area (Å²) in [6, 6.07) is 2.29. The Kier molecular flexibility index (Phi) is 3.09. The number of rotatable bonds is 2. The van der Waals surface area contributed by atoms with E-state index in [1.807, 2.05) is 0 Å². The van der Waals surface area contributed by atoms with E-state index in [9.17, 15) is 14.0 Å². The molecule has 0 spiro atoms. The van der Waals surface area contributed by atoms with Gasteiger partial charge in [-0.3, -0.25) is 4.79 Å². The maximum Gasteiger partial charge on any atom is 0.341 e. The van der Waals surface area contributed by atoms with Gasteiger partial charge in [0.15, 0.2) is 0 Å². The summed E-state index contributed by atoms with van der Waals surface area (Å²) in [5.41, 5.74) is -0.678. The second kappa shape index (κ2) is 4.42. The topological polar surface area (TPSA) is 59.3 Å². The molecular formula is C12H9ClFNO3. The highest BCUT2D eigenvalue weighted by Gasteiger charge is 2.15. The first-order valence-corrected chi connectivity index (χ1v) is 5.59. The third kappa shape index (κ3) is 1.86. The van der Waals surface area contributed by atoms with Crippen LogP contribution in [-0.4, -0.2) is 15.6 Å². The fourth-order valence-electron chi connectivity index (χ4n) is 1.80. The summed E-state index contributed by atoms with van der Waals surface area (Å²) in [4.78, 5) is 22.8. The molecule has 4 nitrogen and oxygen atoms in total. The number of pyridine rings is 1. The van der Waals surface area contributed by atoms with Gasteiger partial charge < -0.3 is 9.67 Å². The molecule has 0 fully saturated rings. The van der Waals surface area contributed by atoms with Crippen LogP contribution in [0.3, 0.4) is 0 Å². The lowest BCUT2D eigenvalue weighted by Crippen LogP contribution is -2.18. The summed E-state index contributed by atoms with van der Waals surface area (Å²) in [7, 11) is 0. The van der Waals surface area contributed by atoms with E-state index >= 15 is 0 Å². The van der Waals surface area contributed by atoms with E-state index < -0.39 is 17.2 Å². The van der Waals surface area contributed by atoms with Crippen molar-refractivity contribution in [1.82, 2.24) is 4.57 Å².